The van der Waals surface area contributed by atoms with Gasteiger partial charge in [0.25, 0.3) is 0 Å². The molecular formula is C13H19Br2NO. The Balaban J connectivity index is 2.78. The van der Waals surface area contributed by atoms with Crippen LogP contribution in [0.5, 0.6) is 0 Å². The van der Waals surface area contributed by atoms with E-state index in [9.17, 15) is 0 Å². The van der Waals surface area contributed by atoms with E-state index in [0.29, 0.717) is 6.61 Å². The predicted octanol–water partition coefficient (Wildman–Crippen LogP) is 4.29. The fourth-order valence-corrected chi connectivity index (χ4v) is 2.93. The van der Waals surface area contributed by atoms with Gasteiger partial charge in [-0.1, -0.05) is 38.8 Å². The van der Waals surface area contributed by atoms with Crippen molar-refractivity contribution in [3.63, 3.8) is 0 Å². The Kier molecular flexibility index (Phi) is 7.35. The van der Waals surface area contributed by atoms with Crippen LogP contribution in [-0.2, 0) is 4.74 Å². The van der Waals surface area contributed by atoms with Crippen molar-refractivity contribution >= 4 is 31.9 Å². The third-order valence-electron chi connectivity index (χ3n) is 2.42. The van der Waals surface area contributed by atoms with Crippen LogP contribution in [0.2, 0.25) is 0 Å². The number of halogens is 2. The topological polar surface area (TPSA) is 21.3 Å². The van der Waals surface area contributed by atoms with Crippen molar-refractivity contribution in [2.24, 2.45) is 0 Å². The Labute approximate surface area is 120 Å². The number of nitrogens with one attached hydrogen (secondary N) is 1. The first-order valence-electron chi connectivity index (χ1n) is 5.94. The monoisotopic (exact) mass is 363 g/mol. The van der Waals surface area contributed by atoms with Crippen LogP contribution in [0.15, 0.2) is 27.1 Å². The van der Waals surface area contributed by atoms with Crippen LogP contribution in [0.3, 0.4) is 0 Å². The van der Waals surface area contributed by atoms with Crippen molar-refractivity contribution in [3.8, 4) is 0 Å². The van der Waals surface area contributed by atoms with Gasteiger partial charge in [-0.05, 0) is 43.7 Å². The standard InChI is InChI=1S/C13H19Br2NO/c1-3-5-16-13(9-17-4-2)10-6-11(14)8-12(15)7-10/h6-8,13,16H,3-5,9H2,1-2H3. The summed E-state index contributed by atoms with van der Waals surface area (Å²) in [6, 6.07) is 6.57. The molecule has 0 amide bonds. The molecule has 1 aromatic rings. The third kappa shape index (κ3) is 5.51. The molecule has 17 heavy (non-hydrogen) atoms. The van der Waals surface area contributed by atoms with E-state index in [-0.39, 0.29) is 6.04 Å². The number of benzene rings is 1. The maximum Gasteiger partial charge on any atom is 0.0661 e. The van der Waals surface area contributed by atoms with Crippen molar-refractivity contribution < 1.29 is 4.74 Å². The molecule has 0 fully saturated rings. The second-order valence-corrected chi connectivity index (χ2v) is 5.70. The quantitative estimate of drug-likeness (QED) is 0.779. The van der Waals surface area contributed by atoms with Crippen LogP contribution in [-0.4, -0.2) is 19.8 Å². The van der Waals surface area contributed by atoms with E-state index in [1.165, 1.54) is 5.56 Å². The highest BCUT2D eigenvalue weighted by Crippen LogP contribution is 2.24. The van der Waals surface area contributed by atoms with Gasteiger partial charge in [0, 0.05) is 15.6 Å². The molecule has 0 aliphatic heterocycles. The zero-order valence-corrected chi connectivity index (χ0v) is 13.5. The molecular weight excluding hydrogens is 346 g/mol. The van der Waals surface area contributed by atoms with E-state index in [4.69, 9.17) is 4.74 Å². The molecule has 0 bridgehead atoms. The summed E-state index contributed by atoms with van der Waals surface area (Å²) in [6.45, 7) is 6.65. The smallest absolute Gasteiger partial charge is 0.0661 e. The average Bonchev–Trinajstić information content (AvgIpc) is 2.28. The molecule has 1 rings (SSSR count). The summed E-state index contributed by atoms with van der Waals surface area (Å²) in [5, 5.41) is 3.51. The molecule has 0 saturated heterocycles. The van der Waals surface area contributed by atoms with Gasteiger partial charge >= 0.3 is 0 Å². The van der Waals surface area contributed by atoms with Gasteiger partial charge in [0.15, 0.2) is 0 Å². The largest absolute Gasteiger partial charge is 0.380 e. The first-order valence-corrected chi connectivity index (χ1v) is 7.53. The lowest BCUT2D eigenvalue weighted by atomic mass is 10.1. The van der Waals surface area contributed by atoms with Crippen molar-refractivity contribution in [2.45, 2.75) is 26.3 Å². The highest BCUT2D eigenvalue weighted by molar-refractivity contribution is 9.11. The summed E-state index contributed by atoms with van der Waals surface area (Å²) in [4.78, 5) is 0. The molecule has 0 saturated carbocycles. The van der Waals surface area contributed by atoms with Crippen molar-refractivity contribution in [3.05, 3.63) is 32.7 Å². The Hall–Kier alpha value is 0.1000. The van der Waals surface area contributed by atoms with Crippen LogP contribution in [0, 0.1) is 0 Å². The maximum absolute atomic E-state index is 5.53. The van der Waals surface area contributed by atoms with Crippen LogP contribution in [0.25, 0.3) is 0 Å². The minimum absolute atomic E-state index is 0.253. The minimum atomic E-state index is 0.253. The molecule has 1 unspecified atom stereocenters. The number of hydrogen-bond donors (Lipinski definition) is 1. The van der Waals surface area contributed by atoms with Crippen LogP contribution in [0.1, 0.15) is 31.9 Å². The summed E-state index contributed by atoms with van der Waals surface area (Å²) in [5.41, 5.74) is 1.24. The number of rotatable bonds is 7. The lowest BCUT2D eigenvalue weighted by molar-refractivity contribution is 0.123. The van der Waals surface area contributed by atoms with E-state index in [1.54, 1.807) is 0 Å². The summed E-state index contributed by atoms with van der Waals surface area (Å²) < 4.78 is 7.70. The molecule has 2 nitrogen and oxygen atoms in total. The molecule has 1 N–H and O–H groups in total. The lowest BCUT2D eigenvalue weighted by Gasteiger charge is -2.19. The average molecular weight is 365 g/mol. The molecule has 1 atom stereocenters. The van der Waals surface area contributed by atoms with Crippen LogP contribution in [0.4, 0.5) is 0 Å². The van der Waals surface area contributed by atoms with E-state index < -0.39 is 0 Å². The van der Waals surface area contributed by atoms with Gasteiger partial charge in [-0.3, -0.25) is 0 Å². The molecule has 0 aliphatic rings. The third-order valence-corrected chi connectivity index (χ3v) is 3.33. The maximum atomic E-state index is 5.53. The Bertz CT molecular complexity index is 316. The zero-order chi connectivity index (χ0) is 12.7. The van der Waals surface area contributed by atoms with Gasteiger partial charge in [-0.2, -0.15) is 0 Å². The summed E-state index contributed by atoms with van der Waals surface area (Å²) >= 11 is 7.04. The molecule has 1 aromatic carbocycles. The van der Waals surface area contributed by atoms with Crippen LogP contribution >= 0.6 is 31.9 Å². The molecule has 96 valence electrons. The Morgan fingerprint density at radius 1 is 1.18 bits per heavy atom. The predicted molar refractivity (Wildman–Crippen MR) is 79.4 cm³/mol. The summed E-state index contributed by atoms with van der Waals surface area (Å²) in [7, 11) is 0. The fraction of sp³-hybridized carbons (Fsp3) is 0.538. The summed E-state index contributed by atoms with van der Waals surface area (Å²) in [5.74, 6) is 0. The molecule has 4 heteroatoms. The van der Waals surface area contributed by atoms with E-state index in [1.807, 2.05) is 13.0 Å². The van der Waals surface area contributed by atoms with Gasteiger partial charge in [-0.25, -0.2) is 0 Å². The molecule has 0 heterocycles. The SMILES string of the molecule is CCCNC(COCC)c1cc(Br)cc(Br)c1. The second kappa shape index (κ2) is 8.25. The van der Waals surface area contributed by atoms with Crippen molar-refractivity contribution in [1.29, 1.82) is 0 Å². The van der Waals surface area contributed by atoms with Gasteiger partial charge in [-0.15, -0.1) is 0 Å². The molecule has 0 spiro atoms. The number of ether oxygens (including phenoxy) is 1. The molecule has 0 aliphatic carbocycles. The second-order valence-electron chi connectivity index (χ2n) is 3.87. The fourth-order valence-electron chi connectivity index (χ4n) is 1.60. The zero-order valence-electron chi connectivity index (χ0n) is 10.3. The normalized spacial score (nSPS) is 12.7. The van der Waals surface area contributed by atoms with Gasteiger partial charge in [0.2, 0.25) is 0 Å². The van der Waals surface area contributed by atoms with E-state index >= 15 is 0 Å². The molecule has 0 aromatic heterocycles. The first-order chi connectivity index (χ1) is 8.17. The minimum Gasteiger partial charge on any atom is -0.380 e. The highest BCUT2D eigenvalue weighted by Gasteiger charge is 2.11. The van der Waals surface area contributed by atoms with Crippen molar-refractivity contribution in [1.82, 2.24) is 5.32 Å². The highest BCUT2D eigenvalue weighted by atomic mass is 79.9. The van der Waals surface area contributed by atoms with E-state index in [2.05, 4.69) is 56.2 Å². The van der Waals surface area contributed by atoms with Gasteiger partial charge in [0.05, 0.1) is 12.6 Å². The Morgan fingerprint density at radius 3 is 2.35 bits per heavy atom. The van der Waals surface area contributed by atoms with Gasteiger partial charge in [0.1, 0.15) is 0 Å². The lowest BCUT2D eigenvalue weighted by Crippen LogP contribution is -2.26. The van der Waals surface area contributed by atoms with Crippen molar-refractivity contribution in [2.75, 3.05) is 19.8 Å². The number of hydrogen-bond acceptors (Lipinski definition) is 2. The summed E-state index contributed by atoms with van der Waals surface area (Å²) in [6.07, 6.45) is 1.12. The van der Waals surface area contributed by atoms with Crippen LogP contribution < -0.4 is 5.32 Å². The van der Waals surface area contributed by atoms with E-state index in [0.717, 1.165) is 28.5 Å². The van der Waals surface area contributed by atoms with Gasteiger partial charge < -0.3 is 10.1 Å². The Morgan fingerprint density at radius 2 is 1.82 bits per heavy atom. The molecule has 0 radical (unpaired) electrons. The first kappa shape index (κ1) is 15.2.